The van der Waals surface area contributed by atoms with E-state index in [4.69, 9.17) is 10.2 Å². The summed E-state index contributed by atoms with van der Waals surface area (Å²) in [6, 6.07) is 1.04. The summed E-state index contributed by atoms with van der Waals surface area (Å²) < 4.78 is 13.0. The molecule has 1 aromatic heterocycles. The number of aliphatic carboxylic acids is 1. The smallest absolute Gasteiger partial charge is 0.328 e. The Morgan fingerprint density at radius 3 is 2.75 bits per heavy atom. The minimum absolute atomic E-state index is 0.373. The van der Waals surface area contributed by atoms with Crippen molar-refractivity contribution in [2.45, 2.75) is 6.04 Å². The fraction of sp³-hybridized carbons (Fsp3) is 0.222. The van der Waals surface area contributed by atoms with Crippen molar-refractivity contribution in [1.82, 2.24) is 10.3 Å². The highest BCUT2D eigenvalue weighted by atomic mass is 19.1. The number of nitrogens with zero attached hydrogens (tertiary/aromatic N) is 1. The van der Waals surface area contributed by atoms with E-state index in [9.17, 15) is 14.0 Å². The second-order valence-corrected chi connectivity index (χ2v) is 2.89. The van der Waals surface area contributed by atoms with Crippen LogP contribution in [0.25, 0.3) is 0 Å². The molecular formula is C9H9FN2O4. The second kappa shape index (κ2) is 5.17. The lowest BCUT2D eigenvalue weighted by Crippen LogP contribution is -2.43. The van der Waals surface area contributed by atoms with Crippen LogP contribution in [-0.2, 0) is 4.79 Å². The van der Waals surface area contributed by atoms with E-state index in [0.717, 1.165) is 12.3 Å². The quantitative estimate of drug-likeness (QED) is 0.597. The molecule has 6 nitrogen and oxygen atoms in total. The van der Waals surface area contributed by atoms with Gasteiger partial charge in [0.15, 0.2) is 6.04 Å². The molecule has 0 bridgehead atoms. The van der Waals surface area contributed by atoms with Gasteiger partial charge in [-0.3, -0.25) is 4.79 Å². The molecule has 3 N–H and O–H groups in total. The molecule has 0 fully saturated rings. The monoisotopic (exact) mass is 228 g/mol. The number of pyridine rings is 1. The van der Waals surface area contributed by atoms with Gasteiger partial charge in [0.2, 0.25) is 5.95 Å². The zero-order valence-corrected chi connectivity index (χ0v) is 8.05. The van der Waals surface area contributed by atoms with Crippen molar-refractivity contribution < 1.29 is 24.2 Å². The van der Waals surface area contributed by atoms with Gasteiger partial charge in [-0.25, -0.2) is 9.78 Å². The third-order valence-corrected chi connectivity index (χ3v) is 1.79. The number of carboxylic acid groups (broad SMARTS) is 1. The van der Waals surface area contributed by atoms with Crippen LogP contribution in [0.1, 0.15) is 10.4 Å². The summed E-state index contributed by atoms with van der Waals surface area (Å²) in [7, 11) is 0. The number of hydrogen-bond acceptors (Lipinski definition) is 4. The fourth-order valence-corrected chi connectivity index (χ4v) is 0.977. The third-order valence-electron chi connectivity index (χ3n) is 1.79. The minimum atomic E-state index is -1.47. The van der Waals surface area contributed by atoms with Gasteiger partial charge in [0.25, 0.3) is 5.91 Å². The molecular weight excluding hydrogens is 219 g/mol. The highest BCUT2D eigenvalue weighted by Gasteiger charge is 2.21. The Kier molecular flexibility index (Phi) is 3.90. The number of aromatic nitrogens is 1. The number of rotatable bonds is 4. The van der Waals surface area contributed by atoms with Gasteiger partial charge in [0.05, 0.1) is 12.2 Å². The predicted octanol–water partition coefficient (Wildman–Crippen LogP) is -0.604. The van der Waals surface area contributed by atoms with Gasteiger partial charge >= 0.3 is 5.97 Å². The van der Waals surface area contributed by atoms with Gasteiger partial charge in [-0.2, -0.15) is 4.39 Å². The Hall–Kier alpha value is -2.02. The van der Waals surface area contributed by atoms with Crippen LogP contribution in [0.4, 0.5) is 4.39 Å². The molecule has 0 radical (unpaired) electrons. The summed E-state index contributed by atoms with van der Waals surface area (Å²) in [4.78, 5) is 25.1. The van der Waals surface area contributed by atoms with Crippen LogP contribution in [0.15, 0.2) is 18.3 Å². The lowest BCUT2D eigenvalue weighted by atomic mass is 10.2. The molecule has 0 saturated heterocycles. The number of halogens is 1. The van der Waals surface area contributed by atoms with Crippen molar-refractivity contribution in [1.29, 1.82) is 0 Å². The highest BCUT2D eigenvalue weighted by Crippen LogP contribution is 2.03. The molecule has 16 heavy (non-hydrogen) atoms. The molecule has 0 aliphatic rings. The van der Waals surface area contributed by atoms with Gasteiger partial charge < -0.3 is 15.5 Å². The van der Waals surface area contributed by atoms with Crippen LogP contribution in [0.5, 0.6) is 0 Å². The van der Waals surface area contributed by atoms with Crippen molar-refractivity contribution in [2.24, 2.45) is 0 Å². The van der Waals surface area contributed by atoms with Crippen LogP contribution >= 0.6 is 0 Å². The summed E-state index contributed by atoms with van der Waals surface area (Å²) >= 11 is 0. The average Bonchev–Trinajstić information content (AvgIpc) is 2.25. The third kappa shape index (κ3) is 2.74. The van der Waals surface area contributed by atoms with E-state index in [1.807, 2.05) is 5.32 Å². The van der Waals surface area contributed by atoms with Crippen LogP contribution in [0.3, 0.4) is 0 Å². The van der Waals surface area contributed by atoms with E-state index in [0.29, 0.717) is 0 Å². The average molecular weight is 228 g/mol. The Morgan fingerprint density at radius 2 is 2.25 bits per heavy atom. The summed E-state index contributed by atoms with van der Waals surface area (Å²) in [5.41, 5.74) is -0.373. The largest absolute Gasteiger partial charge is 0.480 e. The van der Waals surface area contributed by atoms with Crippen LogP contribution in [-0.4, -0.2) is 39.7 Å². The van der Waals surface area contributed by atoms with E-state index >= 15 is 0 Å². The molecule has 0 aliphatic heterocycles. The first-order valence-electron chi connectivity index (χ1n) is 4.31. The number of carbonyl (C=O) groups excluding carboxylic acids is 1. The standard InChI is InChI=1S/C9H9FN2O4/c10-7-5(2-1-3-11-7)8(14)12-6(4-13)9(15)16/h1-3,6,13H,4H2,(H,12,14)(H,15,16)/t6-/m1/s1. The SMILES string of the molecule is O=C(N[C@H](CO)C(=O)O)c1cccnc1F. The van der Waals surface area contributed by atoms with Crippen LogP contribution in [0.2, 0.25) is 0 Å². The zero-order chi connectivity index (χ0) is 12.1. The van der Waals surface area contributed by atoms with Crippen molar-refractivity contribution in [3.05, 3.63) is 29.8 Å². The van der Waals surface area contributed by atoms with Crippen molar-refractivity contribution >= 4 is 11.9 Å². The first kappa shape index (κ1) is 12.1. The number of amides is 1. The first-order valence-corrected chi connectivity index (χ1v) is 4.31. The summed E-state index contributed by atoms with van der Waals surface area (Å²) in [6.07, 6.45) is 1.16. The molecule has 1 aromatic rings. The lowest BCUT2D eigenvalue weighted by molar-refractivity contribution is -0.140. The summed E-state index contributed by atoms with van der Waals surface area (Å²) in [5.74, 6) is -3.34. The van der Waals surface area contributed by atoms with Crippen LogP contribution < -0.4 is 5.32 Å². The number of carboxylic acids is 1. The molecule has 1 rings (SSSR count). The summed E-state index contributed by atoms with van der Waals surface area (Å²) in [5, 5.41) is 19.2. The van der Waals surface area contributed by atoms with Crippen LogP contribution in [0, 0.1) is 5.95 Å². The molecule has 1 heterocycles. The van der Waals surface area contributed by atoms with Gasteiger partial charge in [-0.1, -0.05) is 0 Å². The molecule has 0 aliphatic carbocycles. The Bertz CT molecular complexity index is 410. The van der Waals surface area contributed by atoms with E-state index in [2.05, 4.69) is 4.98 Å². The Morgan fingerprint density at radius 1 is 1.56 bits per heavy atom. The lowest BCUT2D eigenvalue weighted by Gasteiger charge is -2.11. The number of carbonyl (C=O) groups is 2. The molecule has 0 aromatic carbocycles. The normalized spacial score (nSPS) is 11.9. The number of aliphatic hydroxyl groups excluding tert-OH is 1. The van der Waals surface area contributed by atoms with E-state index < -0.39 is 30.5 Å². The van der Waals surface area contributed by atoms with Gasteiger partial charge in [-0.15, -0.1) is 0 Å². The van der Waals surface area contributed by atoms with Crippen molar-refractivity contribution in [3.63, 3.8) is 0 Å². The molecule has 0 spiro atoms. The maximum Gasteiger partial charge on any atom is 0.328 e. The predicted molar refractivity (Wildman–Crippen MR) is 50.2 cm³/mol. The topological polar surface area (TPSA) is 99.5 Å². The molecule has 86 valence electrons. The van der Waals surface area contributed by atoms with Crippen molar-refractivity contribution in [2.75, 3.05) is 6.61 Å². The van der Waals surface area contributed by atoms with Gasteiger partial charge in [-0.05, 0) is 12.1 Å². The number of aliphatic hydroxyl groups is 1. The van der Waals surface area contributed by atoms with Gasteiger partial charge in [0.1, 0.15) is 0 Å². The Labute approximate surface area is 89.7 Å². The van der Waals surface area contributed by atoms with E-state index in [1.54, 1.807) is 0 Å². The van der Waals surface area contributed by atoms with E-state index in [1.165, 1.54) is 6.07 Å². The van der Waals surface area contributed by atoms with E-state index in [-0.39, 0.29) is 5.56 Å². The molecule has 0 saturated carbocycles. The molecule has 1 atom stereocenters. The first-order chi connectivity index (χ1) is 7.56. The molecule has 7 heteroatoms. The Balaban J connectivity index is 2.80. The maximum atomic E-state index is 13.0. The number of hydrogen-bond donors (Lipinski definition) is 3. The highest BCUT2D eigenvalue weighted by molar-refractivity contribution is 5.96. The maximum absolute atomic E-state index is 13.0. The van der Waals surface area contributed by atoms with Crippen molar-refractivity contribution in [3.8, 4) is 0 Å². The zero-order valence-electron chi connectivity index (χ0n) is 8.05. The second-order valence-electron chi connectivity index (χ2n) is 2.89. The summed E-state index contributed by atoms with van der Waals surface area (Å²) in [6.45, 7) is -0.775. The minimum Gasteiger partial charge on any atom is -0.480 e. The fourth-order valence-electron chi connectivity index (χ4n) is 0.977. The van der Waals surface area contributed by atoms with Gasteiger partial charge in [0, 0.05) is 6.20 Å². The number of nitrogens with one attached hydrogen (secondary N) is 1. The molecule has 0 unspecified atom stereocenters. The molecule has 1 amide bonds.